The summed E-state index contributed by atoms with van der Waals surface area (Å²) in [4.78, 5) is 12.5. The number of hydrogen-bond donors (Lipinski definition) is 1. The first-order chi connectivity index (χ1) is 12.3. The molecule has 0 unspecified atom stereocenters. The second-order valence-electron chi connectivity index (χ2n) is 5.87. The van der Waals surface area contributed by atoms with Crippen molar-refractivity contribution in [3.8, 4) is 0 Å². The summed E-state index contributed by atoms with van der Waals surface area (Å²) in [5.41, 5.74) is 1.05. The van der Waals surface area contributed by atoms with Gasteiger partial charge in [0.05, 0.1) is 4.90 Å². The van der Waals surface area contributed by atoms with E-state index in [1.807, 2.05) is 0 Å². The van der Waals surface area contributed by atoms with Crippen LogP contribution in [0, 0.1) is 0 Å². The van der Waals surface area contributed by atoms with Gasteiger partial charge in [-0.3, -0.25) is 4.79 Å². The molecule has 2 aromatic carbocycles. The second kappa shape index (κ2) is 7.11. The lowest BCUT2D eigenvalue weighted by Gasteiger charge is -2.15. The maximum Gasteiger partial charge on any atom is 0.287 e. The van der Waals surface area contributed by atoms with Gasteiger partial charge in [-0.05, 0) is 35.9 Å². The summed E-state index contributed by atoms with van der Waals surface area (Å²) in [7, 11) is -0.676. The van der Waals surface area contributed by atoms with Crippen molar-refractivity contribution in [2.75, 3.05) is 14.1 Å². The fourth-order valence-corrected chi connectivity index (χ4v) is 3.78. The van der Waals surface area contributed by atoms with Gasteiger partial charge in [0, 0.05) is 31.0 Å². The predicted octanol–water partition coefficient (Wildman–Crippen LogP) is 3.27. The van der Waals surface area contributed by atoms with E-state index in [-0.39, 0.29) is 17.2 Å². The molecular weight excluding hydrogens is 376 g/mol. The third-order valence-electron chi connectivity index (χ3n) is 3.87. The molecule has 8 heteroatoms. The number of sulfonamides is 1. The van der Waals surface area contributed by atoms with Crippen LogP contribution in [0.3, 0.4) is 0 Å². The van der Waals surface area contributed by atoms with Crippen LogP contribution < -0.4 is 5.32 Å². The van der Waals surface area contributed by atoms with Gasteiger partial charge in [0.2, 0.25) is 10.0 Å². The van der Waals surface area contributed by atoms with Crippen molar-refractivity contribution in [3.05, 3.63) is 64.9 Å². The van der Waals surface area contributed by atoms with Crippen LogP contribution in [0.4, 0.5) is 0 Å². The van der Waals surface area contributed by atoms with E-state index in [0.29, 0.717) is 16.2 Å². The Bertz CT molecular complexity index is 1070. The lowest BCUT2D eigenvalue weighted by molar-refractivity contribution is 0.0925. The Balaban J connectivity index is 1.81. The minimum atomic E-state index is -3.60. The number of nitrogens with zero attached hydrogens (tertiary/aromatic N) is 1. The molecule has 3 rings (SSSR count). The van der Waals surface area contributed by atoms with Crippen LogP contribution in [-0.4, -0.2) is 32.7 Å². The standard InChI is InChI=1S/C18H17ClN2O4S/c1-21(2)26(23,24)17-6-4-3-5-12(17)11-20-18(22)16-10-13-9-14(19)7-8-15(13)25-16/h3-10H,11H2,1-2H3,(H,20,22). The van der Waals surface area contributed by atoms with Gasteiger partial charge in [-0.2, -0.15) is 0 Å². The average Bonchev–Trinajstić information content (AvgIpc) is 3.03. The minimum absolute atomic E-state index is 0.0554. The number of rotatable bonds is 5. The SMILES string of the molecule is CN(C)S(=O)(=O)c1ccccc1CNC(=O)c1cc2cc(Cl)ccc2o1. The molecule has 0 aliphatic heterocycles. The number of halogens is 1. The zero-order valence-corrected chi connectivity index (χ0v) is 15.8. The number of carbonyl (C=O) groups is 1. The molecule has 0 aliphatic carbocycles. The van der Waals surface area contributed by atoms with Crippen molar-refractivity contribution in [3.63, 3.8) is 0 Å². The quantitative estimate of drug-likeness (QED) is 0.722. The molecule has 0 radical (unpaired) electrons. The Hall–Kier alpha value is -2.35. The van der Waals surface area contributed by atoms with Gasteiger partial charge >= 0.3 is 0 Å². The van der Waals surface area contributed by atoms with Crippen molar-refractivity contribution >= 4 is 38.5 Å². The van der Waals surface area contributed by atoms with Crippen molar-refractivity contribution in [2.24, 2.45) is 0 Å². The Morgan fingerprint density at radius 3 is 2.62 bits per heavy atom. The molecule has 0 bridgehead atoms. The molecule has 3 aromatic rings. The first-order valence-corrected chi connectivity index (χ1v) is 9.58. The number of nitrogens with one attached hydrogen (secondary N) is 1. The number of hydrogen-bond acceptors (Lipinski definition) is 4. The van der Waals surface area contributed by atoms with Crippen LogP contribution in [0.15, 0.2) is 57.8 Å². The maximum absolute atomic E-state index is 12.4. The van der Waals surface area contributed by atoms with Gasteiger partial charge in [-0.25, -0.2) is 12.7 Å². The van der Waals surface area contributed by atoms with E-state index in [1.54, 1.807) is 42.5 Å². The zero-order chi connectivity index (χ0) is 18.9. The van der Waals surface area contributed by atoms with Crippen LogP contribution in [0.2, 0.25) is 5.02 Å². The topological polar surface area (TPSA) is 79.6 Å². The van der Waals surface area contributed by atoms with Crippen molar-refractivity contribution in [2.45, 2.75) is 11.4 Å². The molecule has 0 saturated carbocycles. The van der Waals surface area contributed by atoms with E-state index in [0.717, 1.165) is 9.69 Å². The fourth-order valence-electron chi connectivity index (χ4n) is 2.49. The van der Waals surface area contributed by atoms with Gasteiger partial charge in [0.15, 0.2) is 5.76 Å². The highest BCUT2D eigenvalue weighted by Gasteiger charge is 2.21. The third kappa shape index (κ3) is 3.60. The van der Waals surface area contributed by atoms with Gasteiger partial charge in [-0.1, -0.05) is 29.8 Å². The minimum Gasteiger partial charge on any atom is -0.451 e. The smallest absolute Gasteiger partial charge is 0.287 e. The molecule has 136 valence electrons. The largest absolute Gasteiger partial charge is 0.451 e. The van der Waals surface area contributed by atoms with Crippen molar-refractivity contribution in [1.82, 2.24) is 9.62 Å². The molecule has 6 nitrogen and oxygen atoms in total. The number of amides is 1. The Morgan fingerprint density at radius 1 is 1.15 bits per heavy atom. The molecule has 0 aliphatic rings. The molecule has 0 saturated heterocycles. The second-order valence-corrected chi connectivity index (χ2v) is 8.43. The summed E-state index contributed by atoms with van der Waals surface area (Å²) in [6.07, 6.45) is 0. The van der Waals surface area contributed by atoms with Crippen LogP contribution in [0.25, 0.3) is 11.0 Å². The predicted molar refractivity (Wildman–Crippen MR) is 99.7 cm³/mol. The molecular formula is C18H17ClN2O4S. The molecule has 1 heterocycles. The van der Waals surface area contributed by atoms with Gasteiger partial charge in [0.25, 0.3) is 5.91 Å². The number of furan rings is 1. The molecule has 0 atom stereocenters. The zero-order valence-electron chi connectivity index (χ0n) is 14.2. The van der Waals surface area contributed by atoms with E-state index in [1.165, 1.54) is 20.2 Å². The summed E-state index contributed by atoms with van der Waals surface area (Å²) in [5, 5.41) is 3.96. The Kier molecular flexibility index (Phi) is 5.04. The molecule has 26 heavy (non-hydrogen) atoms. The highest BCUT2D eigenvalue weighted by molar-refractivity contribution is 7.89. The highest BCUT2D eigenvalue weighted by Crippen LogP contribution is 2.23. The van der Waals surface area contributed by atoms with Crippen molar-refractivity contribution < 1.29 is 17.6 Å². The van der Waals surface area contributed by atoms with Crippen LogP contribution >= 0.6 is 11.6 Å². The van der Waals surface area contributed by atoms with E-state index in [4.69, 9.17) is 16.0 Å². The molecule has 0 fully saturated rings. The van der Waals surface area contributed by atoms with Crippen LogP contribution in [0.1, 0.15) is 16.1 Å². The van der Waals surface area contributed by atoms with Crippen molar-refractivity contribution in [1.29, 1.82) is 0 Å². The molecule has 0 spiro atoms. The Labute approximate surface area is 156 Å². The lowest BCUT2D eigenvalue weighted by Crippen LogP contribution is -2.26. The van der Waals surface area contributed by atoms with Gasteiger partial charge < -0.3 is 9.73 Å². The monoisotopic (exact) mass is 392 g/mol. The summed E-state index contributed by atoms with van der Waals surface area (Å²) < 4.78 is 31.4. The van der Waals surface area contributed by atoms with Crippen LogP contribution in [0.5, 0.6) is 0 Å². The summed E-state index contributed by atoms with van der Waals surface area (Å²) in [6.45, 7) is 0.0554. The van der Waals surface area contributed by atoms with Crippen LogP contribution in [-0.2, 0) is 16.6 Å². The number of fused-ring (bicyclic) bond motifs is 1. The number of benzene rings is 2. The molecule has 1 aromatic heterocycles. The Morgan fingerprint density at radius 2 is 1.88 bits per heavy atom. The number of carbonyl (C=O) groups excluding carboxylic acids is 1. The summed E-state index contributed by atoms with van der Waals surface area (Å²) >= 11 is 5.93. The van der Waals surface area contributed by atoms with Gasteiger partial charge in [-0.15, -0.1) is 0 Å². The highest BCUT2D eigenvalue weighted by atomic mass is 35.5. The average molecular weight is 393 g/mol. The summed E-state index contributed by atoms with van der Waals surface area (Å²) in [5.74, 6) is -0.301. The van der Waals surface area contributed by atoms with Gasteiger partial charge in [0.1, 0.15) is 5.58 Å². The van der Waals surface area contributed by atoms with E-state index in [9.17, 15) is 13.2 Å². The summed E-state index contributed by atoms with van der Waals surface area (Å²) in [6, 6.07) is 13.2. The first-order valence-electron chi connectivity index (χ1n) is 7.77. The van der Waals surface area contributed by atoms with E-state index in [2.05, 4.69) is 5.32 Å². The fraction of sp³-hybridized carbons (Fsp3) is 0.167. The third-order valence-corrected chi connectivity index (χ3v) is 6.02. The van der Waals surface area contributed by atoms with E-state index < -0.39 is 15.9 Å². The molecule has 1 amide bonds. The van der Waals surface area contributed by atoms with E-state index >= 15 is 0 Å². The first kappa shape index (κ1) is 18.4. The lowest BCUT2D eigenvalue weighted by atomic mass is 10.2. The normalized spacial score (nSPS) is 11.8. The maximum atomic E-state index is 12.4. The molecule has 1 N–H and O–H groups in total.